The summed E-state index contributed by atoms with van der Waals surface area (Å²) in [7, 11) is 0. The molecule has 1 aromatic carbocycles. The Bertz CT molecular complexity index is 732. The van der Waals surface area contributed by atoms with E-state index in [0.29, 0.717) is 35.7 Å². The largest absolute Gasteiger partial charge is 0.359 e. The van der Waals surface area contributed by atoms with E-state index in [1.807, 2.05) is 23.1 Å². The topological polar surface area (TPSA) is 75.4 Å². The Morgan fingerprint density at radius 2 is 2.22 bits per heavy atom. The third kappa shape index (κ3) is 3.26. The van der Waals surface area contributed by atoms with E-state index in [0.717, 1.165) is 18.5 Å². The number of benzene rings is 1. The van der Waals surface area contributed by atoms with Crippen molar-refractivity contribution in [3.8, 4) is 0 Å². The molecule has 0 radical (unpaired) electrons. The fourth-order valence-electron chi connectivity index (χ4n) is 2.75. The molecule has 1 aliphatic heterocycles. The van der Waals surface area contributed by atoms with Gasteiger partial charge in [-0.1, -0.05) is 17.3 Å². The molecule has 0 spiro atoms. The van der Waals surface area contributed by atoms with Gasteiger partial charge in [0, 0.05) is 25.1 Å². The number of hydrogen-bond donors (Lipinski definition) is 1. The van der Waals surface area contributed by atoms with Gasteiger partial charge in [0.1, 0.15) is 11.4 Å². The van der Waals surface area contributed by atoms with E-state index in [9.17, 15) is 9.59 Å². The number of hydrogen-bond acceptors (Lipinski definition) is 4. The van der Waals surface area contributed by atoms with Gasteiger partial charge in [0.25, 0.3) is 5.91 Å². The zero-order valence-corrected chi connectivity index (χ0v) is 13.3. The van der Waals surface area contributed by atoms with Crippen LogP contribution in [0.15, 0.2) is 28.8 Å². The lowest BCUT2D eigenvalue weighted by Crippen LogP contribution is -2.24. The lowest BCUT2D eigenvalue weighted by atomic mass is 10.1. The minimum atomic E-state index is -0.214. The summed E-state index contributed by atoms with van der Waals surface area (Å²) in [5.41, 5.74) is 2.76. The van der Waals surface area contributed by atoms with Crippen LogP contribution >= 0.6 is 0 Å². The third-order valence-corrected chi connectivity index (χ3v) is 4.01. The summed E-state index contributed by atoms with van der Waals surface area (Å²) in [6, 6.07) is 7.33. The molecule has 1 fully saturated rings. The second-order valence-corrected chi connectivity index (χ2v) is 5.77. The van der Waals surface area contributed by atoms with Crippen molar-refractivity contribution in [2.75, 3.05) is 11.9 Å². The van der Waals surface area contributed by atoms with Crippen LogP contribution in [0.3, 0.4) is 0 Å². The molecule has 2 amide bonds. The molecule has 3 rings (SSSR count). The molecule has 6 heteroatoms. The molecular formula is C17H19N3O3. The molecule has 6 nitrogen and oxygen atoms in total. The first kappa shape index (κ1) is 15.3. The maximum absolute atomic E-state index is 12.4. The van der Waals surface area contributed by atoms with Crippen molar-refractivity contribution >= 4 is 17.5 Å². The molecule has 23 heavy (non-hydrogen) atoms. The van der Waals surface area contributed by atoms with Crippen LogP contribution in [0.2, 0.25) is 0 Å². The Morgan fingerprint density at radius 1 is 1.39 bits per heavy atom. The SMILES string of the molecule is Cc1noc(C)c1NC(=O)c1cccc(CN2CCCC2=O)c1. The zero-order chi connectivity index (χ0) is 16.4. The lowest BCUT2D eigenvalue weighted by Gasteiger charge is -2.16. The van der Waals surface area contributed by atoms with Crippen LogP contribution in [0, 0.1) is 13.8 Å². The summed E-state index contributed by atoms with van der Waals surface area (Å²) in [4.78, 5) is 25.9. The van der Waals surface area contributed by atoms with Gasteiger partial charge in [0.05, 0.1) is 0 Å². The lowest BCUT2D eigenvalue weighted by molar-refractivity contribution is -0.128. The van der Waals surface area contributed by atoms with E-state index in [2.05, 4.69) is 10.5 Å². The van der Waals surface area contributed by atoms with E-state index in [1.54, 1.807) is 19.9 Å². The predicted octanol–water partition coefficient (Wildman–Crippen LogP) is 2.67. The highest BCUT2D eigenvalue weighted by Gasteiger charge is 2.20. The van der Waals surface area contributed by atoms with Gasteiger partial charge in [0.2, 0.25) is 5.91 Å². The molecule has 0 atom stereocenters. The maximum atomic E-state index is 12.4. The van der Waals surface area contributed by atoms with Crippen molar-refractivity contribution in [1.82, 2.24) is 10.1 Å². The molecule has 1 aromatic heterocycles. The van der Waals surface area contributed by atoms with Gasteiger partial charge in [-0.2, -0.15) is 0 Å². The summed E-state index contributed by atoms with van der Waals surface area (Å²) >= 11 is 0. The van der Waals surface area contributed by atoms with Gasteiger partial charge < -0.3 is 14.7 Å². The molecule has 1 N–H and O–H groups in total. The Kier molecular flexibility index (Phi) is 4.14. The van der Waals surface area contributed by atoms with Crippen molar-refractivity contribution in [2.24, 2.45) is 0 Å². The van der Waals surface area contributed by atoms with Crippen molar-refractivity contribution in [3.63, 3.8) is 0 Å². The first-order valence-electron chi connectivity index (χ1n) is 7.65. The number of aryl methyl sites for hydroxylation is 2. The predicted molar refractivity (Wildman–Crippen MR) is 85.0 cm³/mol. The highest BCUT2D eigenvalue weighted by Crippen LogP contribution is 2.20. The Labute approximate surface area is 134 Å². The molecule has 2 heterocycles. The molecule has 0 bridgehead atoms. The number of rotatable bonds is 4. The van der Waals surface area contributed by atoms with E-state index < -0.39 is 0 Å². The standard InChI is InChI=1S/C17H19N3O3/c1-11-16(12(2)23-19-11)18-17(22)14-6-3-5-13(9-14)10-20-8-4-7-15(20)21/h3,5-6,9H,4,7-8,10H2,1-2H3,(H,18,22). The van der Waals surface area contributed by atoms with Gasteiger partial charge in [-0.05, 0) is 38.0 Å². The van der Waals surface area contributed by atoms with Crippen LogP contribution in [-0.4, -0.2) is 28.4 Å². The summed E-state index contributed by atoms with van der Waals surface area (Å²) in [6.07, 6.45) is 1.53. The summed E-state index contributed by atoms with van der Waals surface area (Å²) in [5.74, 6) is 0.541. The molecular weight excluding hydrogens is 294 g/mol. The van der Waals surface area contributed by atoms with Crippen LogP contribution in [0.25, 0.3) is 0 Å². The smallest absolute Gasteiger partial charge is 0.255 e. The van der Waals surface area contributed by atoms with Crippen molar-refractivity contribution in [1.29, 1.82) is 0 Å². The summed E-state index contributed by atoms with van der Waals surface area (Å²) < 4.78 is 5.05. The zero-order valence-electron chi connectivity index (χ0n) is 13.3. The Morgan fingerprint density at radius 3 is 2.87 bits per heavy atom. The van der Waals surface area contributed by atoms with E-state index in [1.165, 1.54) is 0 Å². The molecule has 0 aliphatic carbocycles. The Hall–Kier alpha value is -2.63. The highest BCUT2D eigenvalue weighted by molar-refractivity contribution is 6.04. The first-order chi connectivity index (χ1) is 11.0. The van der Waals surface area contributed by atoms with E-state index >= 15 is 0 Å². The van der Waals surface area contributed by atoms with Crippen LogP contribution < -0.4 is 5.32 Å². The average molecular weight is 313 g/mol. The van der Waals surface area contributed by atoms with Gasteiger partial charge in [-0.25, -0.2) is 0 Å². The number of carbonyl (C=O) groups is 2. The van der Waals surface area contributed by atoms with Gasteiger partial charge in [-0.3, -0.25) is 9.59 Å². The molecule has 1 saturated heterocycles. The summed E-state index contributed by atoms with van der Waals surface area (Å²) in [5, 5.41) is 6.65. The highest BCUT2D eigenvalue weighted by atomic mass is 16.5. The normalized spacial score (nSPS) is 14.3. The maximum Gasteiger partial charge on any atom is 0.255 e. The van der Waals surface area contributed by atoms with Crippen molar-refractivity contribution in [2.45, 2.75) is 33.2 Å². The van der Waals surface area contributed by atoms with Crippen LogP contribution in [0.4, 0.5) is 5.69 Å². The quantitative estimate of drug-likeness (QED) is 0.941. The van der Waals surface area contributed by atoms with Gasteiger partial charge in [0.15, 0.2) is 5.76 Å². The summed E-state index contributed by atoms with van der Waals surface area (Å²) in [6.45, 7) is 4.87. The third-order valence-electron chi connectivity index (χ3n) is 4.01. The molecule has 2 aromatic rings. The number of anilines is 1. The van der Waals surface area contributed by atoms with Gasteiger partial charge >= 0.3 is 0 Å². The minimum absolute atomic E-state index is 0.176. The number of nitrogens with one attached hydrogen (secondary N) is 1. The van der Waals surface area contributed by atoms with E-state index in [-0.39, 0.29) is 11.8 Å². The van der Waals surface area contributed by atoms with Crippen molar-refractivity contribution in [3.05, 3.63) is 46.8 Å². The van der Waals surface area contributed by atoms with Crippen LogP contribution in [0.1, 0.15) is 40.2 Å². The van der Waals surface area contributed by atoms with Crippen molar-refractivity contribution < 1.29 is 14.1 Å². The minimum Gasteiger partial charge on any atom is -0.359 e. The average Bonchev–Trinajstić information content (AvgIpc) is 3.08. The second-order valence-electron chi connectivity index (χ2n) is 5.77. The van der Waals surface area contributed by atoms with Crippen LogP contribution in [-0.2, 0) is 11.3 Å². The second kappa shape index (κ2) is 6.24. The number of likely N-dealkylation sites (tertiary alicyclic amines) is 1. The molecule has 0 saturated carbocycles. The number of amides is 2. The monoisotopic (exact) mass is 313 g/mol. The molecule has 1 aliphatic rings. The first-order valence-corrected chi connectivity index (χ1v) is 7.65. The Balaban J connectivity index is 1.74. The van der Waals surface area contributed by atoms with Gasteiger partial charge in [-0.15, -0.1) is 0 Å². The number of aromatic nitrogens is 1. The molecule has 120 valence electrons. The fraction of sp³-hybridized carbons (Fsp3) is 0.353. The molecule has 0 unspecified atom stereocenters. The fourth-order valence-corrected chi connectivity index (χ4v) is 2.75. The number of carbonyl (C=O) groups excluding carboxylic acids is 2. The van der Waals surface area contributed by atoms with Crippen LogP contribution in [0.5, 0.6) is 0 Å². The van der Waals surface area contributed by atoms with E-state index in [4.69, 9.17) is 4.52 Å². The number of nitrogens with zero attached hydrogens (tertiary/aromatic N) is 2.